The number of benzene rings is 1. The van der Waals surface area contributed by atoms with Crippen molar-refractivity contribution in [2.45, 2.75) is 51.7 Å². The predicted octanol–water partition coefficient (Wildman–Crippen LogP) is 4.31. The molecule has 1 fully saturated rings. The zero-order chi connectivity index (χ0) is 24.2. The molecule has 8 nitrogen and oxygen atoms in total. The second-order valence-corrected chi connectivity index (χ2v) is 10.0. The highest BCUT2D eigenvalue weighted by Crippen LogP contribution is 2.35. The van der Waals surface area contributed by atoms with Crippen LogP contribution in [0.1, 0.15) is 50.9 Å². The number of carbonyl (C=O) groups excluding carboxylic acids is 2. The van der Waals surface area contributed by atoms with Crippen LogP contribution in [0.15, 0.2) is 29.6 Å². The van der Waals surface area contributed by atoms with Crippen LogP contribution in [0, 0.1) is 0 Å². The van der Waals surface area contributed by atoms with Crippen molar-refractivity contribution in [1.29, 1.82) is 0 Å². The van der Waals surface area contributed by atoms with Gasteiger partial charge in [0, 0.05) is 24.0 Å². The maximum atomic E-state index is 12.3. The fourth-order valence-corrected chi connectivity index (χ4v) is 4.33. The van der Waals surface area contributed by atoms with E-state index in [0.717, 1.165) is 11.1 Å². The van der Waals surface area contributed by atoms with Crippen LogP contribution in [-0.2, 0) is 9.47 Å². The molecule has 0 spiro atoms. The maximum absolute atomic E-state index is 12.3. The molecule has 1 aromatic heterocycles. The summed E-state index contributed by atoms with van der Waals surface area (Å²) in [6, 6.07) is 7.26. The summed E-state index contributed by atoms with van der Waals surface area (Å²) in [4.78, 5) is 26.1. The van der Waals surface area contributed by atoms with E-state index in [-0.39, 0.29) is 19.3 Å². The van der Waals surface area contributed by atoms with Gasteiger partial charge in [-0.1, -0.05) is 12.1 Å². The van der Waals surface area contributed by atoms with Crippen LogP contribution in [0.3, 0.4) is 0 Å². The summed E-state index contributed by atoms with van der Waals surface area (Å²) in [5, 5.41) is 13.1. The van der Waals surface area contributed by atoms with Crippen molar-refractivity contribution in [3.8, 4) is 16.9 Å². The molecule has 0 aliphatic carbocycles. The van der Waals surface area contributed by atoms with Crippen LogP contribution < -0.4 is 10.5 Å². The number of nitrogen functional groups attached to an aromatic ring is 1. The molecule has 180 valence electrons. The summed E-state index contributed by atoms with van der Waals surface area (Å²) >= 11 is 1.29. The Bertz CT molecular complexity index is 972. The van der Waals surface area contributed by atoms with Gasteiger partial charge >= 0.3 is 12.1 Å². The van der Waals surface area contributed by atoms with Gasteiger partial charge in [-0.3, -0.25) is 0 Å². The first-order valence-electron chi connectivity index (χ1n) is 11.0. The van der Waals surface area contributed by atoms with Crippen molar-refractivity contribution in [2.75, 3.05) is 32.0 Å². The fraction of sp³-hybridized carbons (Fsp3) is 0.500. The summed E-state index contributed by atoms with van der Waals surface area (Å²) < 4.78 is 16.4. The molecule has 3 N–H and O–H groups in total. The third kappa shape index (κ3) is 6.39. The molecule has 0 radical (unpaired) electrons. The summed E-state index contributed by atoms with van der Waals surface area (Å²) in [7, 11) is 0. The van der Waals surface area contributed by atoms with Gasteiger partial charge in [0.05, 0.1) is 6.61 Å². The van der Waals surface area contributed by atoms with Gasteiger partial charge in [0.2, 0.25) is 0 Å². The van der Waals surface area contributed by atoms with E-state index in [1.165, 1.54) is 11.3 Å². The summed E-state index contributed by atoms with van der Waals surface area (Å²) in [6.45, 7) is 8.45. The first-order chi connectivity index (χ1) is 15.5. The number of hydrogen-bond donors (Lipinski definition) is 2. The maximum Gasteiger partial charge on any atom is 0.410 e. The summed E-state index contributed by atoms with van der Waals surface area (Å²) in [5.74, 6) is 0.161. The number of amides is 1. The van der Waals surface area contributed by atoms with Gasteiger partial charge in [-0.2, -0.15) is 0 Å². The minimum absolute atomic E-state index is 0.119. The lowest BCUT2D eigenvalue weighted by atomic mass is 9.92. The Balaban J connectivity index is 1.58. The zero-order valence-electron chi connectivity index (χ0n) is 19.6. The van der Waals surface area contributed by atoms with Crippen LogP contribution in [0.5, 0.6) is 5.75 Å². The van der Waals surface area contributed by atoms with Crippen LogP contribution in [0.2, 0.25) is 0 Å². The summed E-state index contributed by atoms with van der Waals surface area (Å²) in [6.07, 6.45) is 0.445. The van der Waals surface area contributed by atoms with E-state index >= 15 is 0 Å². The van der Waals surface area contributed by atoms with Crippen molar-refractivity contribution in [3.63, 3.8) is 0 Å². The minimum atomic E-state index is -1.02. The quantitative estimate of drug-likeness (QED) is 0.598. The Kier molecular flexibility index (Phi) is 7.54. The standard InChI is InChI=1S/C24H32N2O6S/c1-5-30-21(27)19-18(14-33-20(19)25)16-6-8-17(9-7-16)31-15-24(29)10-12-26(13-11-24)22(28)32-23(2,3)4/h6-9,14,29H,5,10-13,15,25H2,1-4H3. The first-order valence-corrected chi connectivity index (χ1v) is 11.9. The molecule has 2 aromatic rings. The Morgan fingerprint density at radius 1 is 1.18 bits per heavy atom. The number of thiophene rings is 1. The third-order valence-electron chi connectivity index (χ3n) is 5.32. The Morgan fingerprint density at radius 2 is 1.82 bits per heavy atom. The molecule has 3 rings (SSSR count). The topological polar surface area (TPSA) is 111 Å². The number of hydrogen-bond acceptors (Lipinski definition) is 8. The molecule has 1 amide bonds. The van der Waals surface area contributed by atoms with Crippen LogP contribution in [0.4, 0.5) is 9.80 Å². The second kappa shape index (κ2) is 10.0. The molecule has 33 heavy (non-hydrogen) atoms. The molecule has 9 heteroatoms. The predicted molar refractivity (Wildman–Crippen MR) is 128 cm³/mol. The molecule has 0 saturated carbocycles. The highest BCUT2D eigenvalue weighted by atomic mass is 32.1. The number of likely N-dealkylation sites (tertiary alicyclic amines) is 1. The molecule has 2 heterocycles. The van der Waals surface area contributed by atoms with Crippen LogP contribution >= 0.6 is 11.3 Å². The second-order valence-electron chi connectivity index (χ2n) is 9.11. The number of nitrogens with two attached hydrogens (primary N) is 1. The normalized spacial score (nSPS) is 15.7. The highest BCUT2D eigenvalue weighted by molar-refractivity contribution is 7.14. The highest BCUT2D eigenvalue weighted by Gasteiger charge is 2.36. The van der Waals surface area contributed by atoms with E-state index in [1.54, 1.807) is 24.0 Å². The van der Waals surface area contributed by atoms with E-state index in [0.29, 0.717) is 42.2 Å². The fourth-order valence-electron chi connectivity index (χ4n) is 3.52. The monoisotopic (exact) mass is 476 g/mol. The van der Waals surface area contributed by atoms with E-state index in [9.17, 15) is 14.7 Å². The molecule has 1 aromatic carbocycles. The molecule has 1 aliphatic rings. The van der Waals surface area contributed by atoms with Gasteiger partial charge in [-0.15, -0.1) is 11.3 Å². The van der Waals surface area contributed by atoms with E-state index < -0.39 is 17.2 Å². The number of aliphatic hydroxyl groups is 1. The van der Waals surface area contributed by atoms with E-state index in [1.807, 2.05) is 38.3 Å². The van der Waals surface area contributed by atoms with E-state index in [4.69, 9.17) is 19.9 Å². The molecule has 1 aliphatic heterocycles. The molecule has 0 atom stereocenters. The number of piperidine rings is 1. The van der Waals surface area contributed by atoms with Crippen molar-refractivity contribution in [1.82, 2.24) is 4.90 Å². The SMILES string of the molecule is CCOC(=O)c1c(-c2ccc(OCC3(O)CCN(C(=O)OC(C)(C)C)CC3)cc2)csc1N. The Morgan fingerprint density at radius 3 is 2.39 bits per heavy atom. The summed E-state index contributed by atoms with van der Waals surface area (Å²) in [5.41, 5.74) is 6.33. The number of rotatable bonds is 6. The Labute approximate surface area is 198 Å². The van der Waals surface area contributed by atoms with Gasteiger partial charge in [-0.25, -0.2) is 9.59 Å². The van der Waals surface area contributed by atoms with Gasteiger partial charge in [0.15, 0.2) is 0 Å². The average molecular weight is 477 g/mol. The van der Waals surface area contributed by atoms with E-state index in [2.05, 4.69) is 0 Å². The number of carbonyl (C=O) groups is 2. The largest absolute Gasteiger partial charge is 0.491 e. The number of nitrogens with zero attached hydrogens (tertiary/aromatic N) is 1. The van der Waals surface area contributed by atoms with Gasteiger partial charge in [0.25, 0.3) is 0 Å². The average Bonchev–Trinajstić information content (AvgIpc) is 3.13. The number of esters is 1. The Hall–Kier alpha value is -2.78. The lowest BCUT2D eigenvalue weighted by Gasteiger charge is -2.38. The number of ether oxygens (including phenoxy) is 3. The van der Waals surface area contributed by atoms with Gasteiger partial charge < -0.3 is 30.0 Å². The molecular weight excluding hydrogens is 444 g/mol. The van der Waals surface area contributed by atoms with Crippen LogP contribution in [-0.4, -0.2) is 59.6 Å². The van der Waals surface area contributed by atoms with Crippen molar-refractivity contribution in [3.05, 3.63) is 35.2 Å². The van der Waals surface area contributed by atoms with Crippen LogP contribution in [0.25, 0.3) is 11.1 Å². The van der Waals surface area contributed by atoms with Gasteiger partial charge in [0.1, 0.15) is 34.1 Å². The zero-order valence-corrected chi connectivity index (χ0v) is 20.4. The van der Waals surface area contributed by atoms with Crippen molar-refractivity contribution in [2.24, 2.45) is 0 Å². The molecular formula is C24H32N2O6S. The minimum Gasteiger partial charge on any atom is -0.491 e. The smallest absolute Gasteiger partial charge is 0.410 e. The molecule has 0 bridgehead atoms. The third-order valence-corrected chi connectivity index (χ3v) is 6.13. The molecule has 0 unspecified atom stereocenters. The first kappa shape index (κ1) is 24.9. The van der Waals surface area contributed by atoms with Gasteiger partial charge in [-0.05, 0) is 58.2 Å². The van der Waals surface area contributed by atoms with Crippen molar-refractivity contribution < 1.29 is 28.9 Å². The lowest BCUT2D eigenvalue weighted by Crippen LogP contribution is -2.50. The number of anilines is 1. The molecule has 1 saturated heterocycles. The van der Waals surface area contributed by atoms with Crippen molar-refractivity contribution >= 4 is 28.4 Å². The lowest BCUT2D eigenvalue weighted by molar-refractivity contribution is -0.0561.